The molecular weight excluding hydrogens is 482 g/mol. The molecule has 2 unspecified atom stereocenters. The van der Waals surface area contributed by atoms with E-state index in [0.29, 0.717) is 17.9 Å². The van der Waals surface area contributed by atoms with Crippen molar-refractivity contribution in [2.45, 2.75) is 44.6 Å². The number of benzene rings is 1. The molecule has 0 bridgehead atoms. The maximum Gasteiger partial charge on any atom is 0.0514 e. The highest BCUT2D eigenvalue weighted by Crippen LogP contribution is 2.43. The van der Waals surface area contributed by atoms with Crippen LogP contribution in [0.2, 0.25) is 5.02 Å². The molecule has 0 radical (unpaired) electrons. The fourth-order valence-corrected chi connectivity index (χ4v) is 5.98. The molecule has 0 spiro atoms. The molecule has 32 heavy (non-hydrogen) atoms. The predicted octanol–water partition coefficient (Wildman–Crippen LogP) is 6.16. The summed E-state index contributed by atoms with van der Waals surface area (Å²) in [4.78, 5) is 7.44. The Hall–Kier alpha value is -1.46. The summed E-state index contributed by atoms with van der Waals surface area (Å²) in [7, 11) is 0. The maximum absolute atomic E-state index is 6.40. The molecule has 0 saturated carbocycles. The van der Waals surface area contributed by atoms with Crippen LogP contribution in [0.25, 0.3) is 0 Å². The van der Waals surface area contributed by atoms with Crippen molar-refractivity contribution in [1.29, 1.82) is 0 Å². The van der Waals surface area contributed by atoms with Crippen LogP contribution in [0.3, 0.4) is 0 Å². The number of rotatable bonds is 7. The highest BCUT2D eigenvalue weighted by molar-refractivity contribution is 9.10. The number of aromatic nitrogens is 1. The first-order valence-corrected chi connectivity index (χ1v) is 12.8. The Balaban J connectivity index is 1.63. The third-order valence-corrected chi connectivity index (χ3v) is 7.68. The summed E-state index contributed by atoms with van der Waals surface area (Å²) in [5.41, 5.74) is 6.50. The summed E-state index contributed by atoms with van der Waals surface area (Å²) in [6.45, 7) is 14.2. The van der Waals surface area contributed by atoms with Crippen LogP contribution in [0.4, 0.5) is 0 Å². The number of hydrogen-bond donors (Lipinski definition) is 1. The van der Waals surface area contributed by atoms with Crippen LogP contribution in [-0.4, -0.2) is 42.1 Å². The lowest BCUT2D eigenvalue weighted by atomic mass is 9.75. The lowest BCUT2D eigenvalue weighted by molar-refractivity contribution is 0.209. The van der Waals surface area contributed by atoms with Crippen LogP contribution >= 0.6 is 27.5 Å². The molecule has 1 aromatic carbocycles. The van der Waals surface area contributed by atoms with Gasteiger partial charge in [-0.2, -0.15) is 0 Å². The fourth-order valence-electron chi connectivity index (χ4n) is 5.41. The van der Waals surface area contributed by atoms with Crippen molar-refractivity contribution in [3.63, 3.8) is 0 Å². The molecule has 2 aliphatic rings. The summed E-state index contributed by atoms with van der Waals surface area (Å²) in [6, 6.07) is 9.20. The van der Waals surface area contributed by atoms with Gasteiger partial charge in [0.2, 0.25) is 0 Å². The Morgan fingerprint density at radius 1 is 1.31 bits per heavy atom. The summed E-state index contributed by atoms with van der Waals surface area (Å²) >= 11 is 10.0. The minimum absolute atomic E-state index is 0.315. The number of halogens is 2. The Kier molecular flexibility index (Phi) is 7.88. The van der Waals surface area contributed by atoms with Crippen molar-refractivity contribution in [1.82, 2.24) is 15.2 Å². The Morgan fingerprint density at radius 2 is 2.12 bits per heavy atom. The van der Waals surface area contributed by atoms with Crippen LogP contribution in [0, 0.1) is 5.92 Å². The number of pyridine rings is 1. The van der Waals surface area contributed by atoms with Crippen LogP contribution in [-0.2, 0) is 12.8 Å². The van der Waals surface area contributed by atoms with E-state index in [0.717, 1.165) is 66.9 Å². The molecule has 170 valence electrons. The Bertz CT molecular complexity index is 935. The second kappa shape index (κ2) is 10.6. The standard InChI is InChI=1S/C27H33BrClN3/c1-4-18(3)16-32(5-2)17-24-14-20(10-11-30-24)26-25-9-8-23(29)13-19(25)6-7-21-12-22(28)15-31-27(21)26/h4,8-9,12-13,15,20,24,26,30H,1,3,5-7,10-11,14,16-17H2,2H3/t20-,24?,26?/m0/s1. The minimum Gasteiger partial charge on any atom is -0.313 e. The van der Waals surface area contributed by atoms with Crippen LogP contribution in [0.5, 0.6) is 0 Å². The average molecular weight is 515 g/mol. The number of likely N-dealkylation sites (N-methyl/N-ethyl adjacent to an activating group) is 1. The van der Waals surface area contributed by atoms with Gasteiger partial charge in [0, 0.05) is 40.7 Å². The second-order valence-corrected chi connectivity index (χ2v) is 10.5. The van der Waals surface area contributed by atoms with E-state index in [1.165, 1.54) is 22.4 Å². The van der Waals surface area contributed by atoms with Crippen molar-refractivity contribution in [2.24, 2.45) is 5.92 Å². The SMILES string of the molecule is C=CC(=C)CN(CC)CC1C[C@@H](C2c3ccc(Cl)cc3CCc3cc(Br)cnc32)CCN1. The van der Waals surface area contributed by atoms with E-state index >= 15 is 0 Å². The highest BCUT2D eigenvalue weighted by Gasteiger charge is 2.35. The molecule has 1 saturated heterocycles. The molecule has 1 aliphatic carbocycles. The monoisotopic (exact) mass is 513 g/mol. The van der Waals surface area contributed by atoms with E-state index in [9.17, 15) is 0 Å². The smallest absolute Gasteiger partial charge is 0.0514 e. The molecule has 1 aromatic heterocycles. The zero-order chi connectivity index (χ0) is 22.7. The van der Waals surface area contributed by atoms with Gasteiger partial charge in [-0.1, -0.05) is 43.8 Å². The van der Waals surface area contributed by atoms with Gasteiger partial charge in [0.25, 0.3) is 0 Å². The summed E-state index contributed by atoms with van der Waals surface area (Å²) in [5, 5.41) is 4.61. The van der Waals surface area contributed by atoms with Gasteiger partial charge in [-0.25, -0.2) is 0 Å². The average Bonchev–Trinajstić information content (AvgIpc) is 2.94. The summed E-state index contributed by atoms with van der Waals surface area (Å²) in [5.74, 6) is 0.865. The Morgan fingerprint density at radius 3 is 2.91 bits per heavy atom. The molecule has 2 heterocycles. The largest absolute Gasteiger partial charge is 0.313 e. The van der Waals surface area contributed by atoms with E-state index in [-0.39, 0.29) is 0 Å². The number of fused-ring (bicyclic) bond motifs is 2. The lowest BCUT2D eigenvalue weighted by Crippen LogP contribution is -2.47. The lowest BCUT2D eigenvalue weighted by Gasteiger charge is -2.38. The summed E-state index contributed by atoms with van der Waals surface area (Å²) in [6.07, 6.45) is 8.15. The summed E-state index contributed by atoms with van der Waals surface area (Å²) < 4.78 is 1.06. The van der Waals surface area contributed by atoms with Gasteiger partial charge >= 0.3 is 0 Å². The zero-order valence-corrected chi connectivity index (χ0v) is 21.3. The highest BCUT2D eigenvalue weighted by atomic mass is 79.9. The normalized spacial score (nSPS) is 22.7. The second-order valence-electron chi connectivity index (χ2n) is 9.14. The number of nitrogens with one attached hydrogen (secondary N) is 1. The number of piperidine rings is 1. The first-order valence-electron chi connectivity index (χ1n) is 11.7. The first kappa shape index (κ1) is 23.7. The molecule has 3 nitrogen and oxygen atoms in total. The third kappa shape index (κ3) is 5.36. The molecule has 4 rings (SSSR count). The maximum atomic E-state index is 6.40. The molecule has 3 atom stereocenters. The van der Waals surface area contributed by atoms with Crippen molar-refractivity contribution in [3.05, 3.63) is 87.1 Å². The van der Waals surface area contributed by atoms with Gasteiger partial charge in [0.05, 0.1) is 5.69 Å². The van der Waals surface area contributed by atoms with Crippen molar-refractivity contribution >= 4 is 27.5 Å². The van der Waals surface area contributed by atoms with Gasteiger partial charge < -0.3 is 5.32 Å². The first-order chi connectivity index (χ1) is 15.5. The predicted molar refractivity (Wildman–Crippen MR) is 139 cm³/mol. The Labute approximate surface area is 206 Å². The fraction of sp³-hybridized carbons (Fsp3) is 0.444. The molecule has 1 N–H and O–H groups in total. The van der Waals surface area contributed by atoms with Crippen LogP contribution in [0.1, 0.15) is 48.1 Å². The van der Waals surface area contributed by atoms with Crippen LogP contribution < -0.4 is 5.32 Å². The molecule has 2 aromatic rings. The molecule has 1 aliphatic heterocycles. The molecule has 1 fully saturated rings. The van der Waals surface area contributed by atoms with Gasteiger partial charge in [-0.05, 0) is 101 Å². The van der Waals surface area contributed by atoms with Gasteiger partial charge in [0.15, 0.2) is 0 Å². The molecule has 5 heteroatoms. The zero-order valence-electron chi connectivity index (χ0n) is 18.9. The molecule has 0 amide bonds. The third-order valence-electron chi connectivity index (χ3n) is 7.01. The van der Waals surface area contributed by atoms with Crippen LogP contribution in [0.15, 0.2) is 59.7 Å². The van der Waals surface area contributed by atoms with Gasteiger partial charge in [0.1, 0.15) is 0 Å². The van der Waals surface area contributed by atoms with Gasteiger partial charge in [-0.3, -0.25) is 9.88 Å². The number of nitrogens with zero attached hydrogens (tertiary/aromatic N) is 2. The van der Waals surface area contributed by atoms with Crippen molar-refractivity contribution in [2.75, 3.05) is 26.2 Å². The van der Waals surface area contributed by atoms with Gasteiger partial charge in [-0.15, -0.1) is 0 Å². The van der Waals surface area contributed by atoms with E-state index in [4.69, 9.17) is 16.6 Å². The van der Waals surface area contributed by atoms with Crippen molar-refractivity contribution in [3.8, 4) is 0 Å². The van der Waals surface area contributed by atoms with Crippen molar-refractivity contribution < 1.29 is 0 Å². The van der Waals surface area contributed by atoms with E-state index < -0.39 is 0 Å². The minimum atomic E-state index is 0.315. The molecular formula is C27H33BrClN3. The topological polar surface area (TPSA) is 28.2 Å². The quantitative estimate of drug-likeness (QED) is 0.449. The number of aryl methyl sites for hydroxylation is 2. The van der Waals surface area contributed by atoms with E-state index in [1.54, 1.807) is 0 Å². The number of hydrogen-bond acceptors (Lipinski definition) is 3. The van der Waals surface area contributed by atoms with E-state index in [2.05, 4.69) is 70.5 Å². The van der Waals surface area contributed by atoms with E-state index in [1.807, 2.05) is 12.3 Å².